The number of nitrogens with one attached hydrogen (secondary N) is 1. The third-order valence-corrected chi connectivity index (χ3v) is 7.92. The number of rotatable bonds is 9. The second-order valence-electron chi connectivity index (χ2n) is 13.5. The minimum Gasteiger partial charge on any atom is -0.490 e. The molecule has 1 saturated heterocycles. The van der Waals surface area contributed by atoms with Gasteiger partial charge < -0.3 is 24.1 Å². The van der Waals surface area contributed by atoms with Crippen LogP contribution >= 0.6 is 10.0 Å². The standard InChI is InChI=1S/C27H47BFNO5S/c1-24(2,3)17-25(4,5)30-23(31)18-16-19(28-34-26(6,7)27(8,9)35-28)20(29)22(32-10)21(18)33-14-15-36(11,12)13/h16H,14-15,17H2,1-13H3,(H,30,31). The number of ether oxygens (including phenoxy) is 2. The third kappa shape index (κ3) is 7.54. The molecule has 1 aromatic carbocycles. The van der Waals surface area contributed by atoms with Crippen LogP contribution in [0.5, 0.6) is 11.5 Å². The van der Waals surface area contributed by atoms with E-state index in [1.807, 2.05) is 41.5 Å². The number of halogens is 1. The molecule has 0 bridgehead atoms. The van der Waals surface area contributed by atoms with Crippen LogP contribution < -0.4 is 20.3 Å². The van der Waals surface area contributed by atoms with Crippen molar-refractivity contribution in [3.63, 3.8) is 0 Å². The molecule has 6 nitrogen and oxygen atoms in total. The van der Waals surface area contributed by atoms with Crippen molar-refractivity contribution in [1.82, 2.24) is 5.32 Å². The summed E-state index contributed by atoms with van der Waals surface area (Å²) >= 11 is 0. The number of carbonyl (C=O) groups excluding carboxylic acids is 1. The first-order chi connectivity index (χ1) is 16.1. The van der Waals surface area contributed by atoms with E-state index < -0.39 is 39.7 Å². The van der Waals surface area contributed by atoms with Crippen LogP contribution in [-0.4, -0.2) is 68.0 Å². The summed E-state index contributed by atoms with van der Waals surface area (Å²) in [6.07, 6.45) is 7.28. The lowest BCUT2D eigenvalue weighted by Crippen LogP contribution is -2.46. The molecule has 0 aliphatic carbocycles. The molecule has 1 aromatic rings. The first-order valence-corrected chi connectivity index (χ1v) is 15.5. The predicted molar refractivity (Wildman–Crippen MR) is 150 cm³/mol. The predicted octanol–water partition coefficient (Wildman–Crippen LogP) is 5.15. The zero-order chi connectivity index (χ0) is 27.9. The molecule has 0 radical (unpaired) electrons. The SMILES string of the molecule is COc1c(F)c(B2OC(C)(C)C(C)(C)O2)cc(C(=O)NC(C)(C)CC(C)(C)C)c1OCCS(C)(C)C. The van der Waals surface area contributed by atoms with Gasteiger partial charge in [0.15, 0.2) is 17.3 Å². The number of benzene rings is 1. The summed E-state index contributed by atoms with van der Waals surface area (Å²) in [7, 11) is -0.473. The Morgan fingerprint density at radius 2 is 1.58 bits per heavy atom. The summed E-state index contributed by atoms with van der Waals surface area (Å²) < 4.78 is 39.6. The number of hydrogen-bond acceptors (Lipinski definition) is 5. The fraction of sp³-hybridized carbons (Fsp3) is 0.741. The monoisotopic (exact) mass is 527 g/mol. The maximum Gasteiger partial charge on any atom is 0.498 e. The Kier molecular flexibility index (Phi) is 8.87. The lowest BCUT2D eigenvalue weighted by molar-refractivity contribution is 0.00578. The van der Waals surface area contributed by atoms with E-state index in [2.05, 4.69) is 44.9 Å². The molecular formula is C27H47BFNO5S. The number of hydrogen-bond donors (Lipinski definition) is 1. The summed E-state index contributed by atoms with van der Waals surface area (Å²) in [6, 6.07) is 1.49. The van der Waals surface area contributed by atoms with Crippen molar-refractivity contribution in [3.8, 4) is 11.5 Å². The molecule has 206 valence electrons. The third-order valence-electron chi connectivity index (χ3n) is 6.53. The Labute approximate surface area is 219 Å². The molecule has 1 amide bonds. The van der Waals surface area contributed by atoms with Crippen LogP contribution in [0.15, 0.2) is 6.07 Å². The van der Waals surface area contributed by atoms with Crippen LogP contribution in [0.1, 0.15) is 79.1 Å². The van der Waals surface area contributed by atoms with E-state index in [-0.39, 0.29) is 33.8 Å². The van der Waals surface area contributed by atoms with Gasteiger partial charge in [0.25, 0.3) is 5.91 Å². The van der Waals surface area contributed by atoms with Crippen molar-refractivity contribution >= 4 is 28.5 Å². The molecule has 1 aliphatic rings. The lowest BCUT2D eigenvalue weighted by atomic mass is 9.77. The van der Waals surface area contributed by atoms with Crippen LogP contribution in [0.4, 0.5) is 4.39 Å². The van der Waals surface area contributed by atoms with Crippen molar-refractivity contribution in [1.29, 1.82) is 0 Å². The van der Waals surface area contributed by atoms with E-state index in [9.17, 15) is 4.79 Å². The Hall–Kier alpha value is -1.45. The molecule has 0 unspecified atom stereocenters. The van der Waals surface area contributed by atoms with Crippen LogP contribution in [0.25, 0.3) is 0 Å². The van der Waals surface area contributed by atoms with Crippen molar-refractivity contribution < 1.29 is 28.0 Å². The number of amides is 1. The van der Waals surface area contributed by atoms with Gasteiger partial charge in [-0.1, -0.05) is 20.8 Å². The minimum absolute atomic E-state index is 0.0000651. The lowest BCUT2D eigenvalue weighted by Gasteiger charge is -2.33. The molecule has 0 spiro atoms. The maximum absolute atomic E-state index is 15.9. The molecule has 0 atom stereocenters. The van der Waals surface area contributed by atoms with Crippen molar-refractivity contribution in [2.75, 3.05) is 38.2 Å². The maximum atomic E-state index is 15.9. The van der Waals surface area contributed by atoms with Crippen LogP contribution in [0, 0.1) is 11.2 Å². The van der Waals surface area contributed by atoms with Crippen LogP contribution in [0.3, 0.4) is 0 Å². The van der Waals surface area contributed by atoms with E-state index in [4.69, 9.17) is 18.8 Å². The van der Waals surface area contributed by atoms with Gasteiger partial charge in [-0.2, -0.15) is 0 Å². The molecule has 1 N–H and O–H groups in total. The second-order valence-corrected chi connectivity index (χ2v) is 18.1. The van der Waals surface area contributed by atoms with Gasteiger partial charge in [0, 0.05) is 16.8 Å². The highest BCUT2D eigenvalue weighted by Gasteiger charge is 2.53. The Morgan fingerprint density at radius 1 is 1.06 bits per heavy atom. The molecule has 1 fully saturated rings. The first-order valence-electron chi connectivity index (χ1n) is 12.5. The van der Waals surface area contributed by atoms with Crippen molar-refractivity contribution in [3.05, 3.63) is 17.4 Å². The van der Waals surface area contributed by atoms with E-state index in [0.717, 1.165) is 12.2 Å². The smallest absolute Gasteiger partial charge is 0.490 e. The highest BCUT2D eigenvalue weighted by atomic mass is 32.3. The quantitative estimate of drug-likeness (QED) is 0.450. The summed E-state index contributed by atoms with van der Waals surface area (Å²) in [4.78, 5) is 13.7. The normalized spacial score (nSPS) is 18.2. The van der Waals surface area contributed by atoms with Gasteiger partial charge in [-0.05, 0) is 78.2 Å². The molecular weight excluding hydrogens is 480 g/mol. The van der Waals surface area contributed by atoms with Crippen molar-refractivity contribution in [2.24, 2.45) is 5.41 Å². The number of methoxy groups -OCH3 is 1. The average Bonchev–Trinajstić information content (AvgIpc) is 2.85. The Bertz CT molecular complexity index is 950. The van der Waals surface area contributed by atoms with E-state index in [1.165, 1.54) is 13.2 Å². The first kappa shape index (κ1) is 30.8. The Morgan fingerprint density at radius 3 is 2.03 bits per heavy atom. The Balaban J connectivity index is 2.59. The molecule has 9 heteroatoms. The summed E-state index contributed by atoms with van der Waals surface area (Å²) in [6.45, 7) is 18.3. The van der Waals surface area contributed by atoms with Gasteiger partial charge in [0.1, 0.15) is 0 Å². The molecule has 36 heavy (non-hydrogen) atoms. The summed E-state index contributed by atoms with van der Waals surface area (Å²) in [5.41, 5.74) is -1.53. The van der Waals surface area contributed by atoms with E-state index in [0.29, 0.717) is 6.61 Å². The second kappa shape index (κ2) is 10.4. The largest absolute Gasteiger partial charge is 0.498 e. The highest BCUT2D eigenvalue weighted by molar-refractivity contribution is 8.32. The van der Waals surface area contributed by atoms with Gasteiger partial charge in [-0.3, -0.25) is 4.79 Å². The summed E-state index contributed by atoms with van der Waals surface area (Å²) in [5, 5.41) is 3.12. The van der Waals surface area contributed by atoms with E-state index >= 15 is 4.39 Å². The fourth-order valence-electron chi connectivity index (χ4n) is 4.41. The molecule has 0 saturated carbocycles. The zero-order valence-corrected chi connectivity index (χ0v) is 25.4. The summed E-state index contributed by atoms with van der Waals surface area (Å²) in [5.74, 6) is -0.237. The fourth-order valence-corrected chi connectivity index (χ4v) is 5.00. The van der Waals surface area contributed by atoms with Crippen molar-refractivity contribution in [2.45, 2.75) is 85.5 Å². The van der Waals surface area contributed by atoms with Gasteiger partial charge in [-0.15, -0.1) is 0 Å². The van der Waals surface area contributed by atoms with Gasteiger partial charge in [-0.25, -0.2) is 14.4 Å². The zero-order valence-electron chi connectivity index (χ0n) is 24.6. The molecule has 2 rings (SSSR count). The topological polar surface area (TPSA) is 66.0 Å². The van der Waals surface area contributed by atoms with Crippen LogP contribution in [0.2, 0.25) is 0 Å². The van der Waals surface area contributed by atoms with Gasteiger partial charge >= 0.3 is 7.12 Å². The van der Waals surface area contributed by atoms with Gasteiger partial charge in [0.2, 0.25) is 0 Å². The average molecular weight is 528 g/mol. The number of carbonyl (C=O) groups is 1. The van der Waals surface area contributed by atoms with E-state index in [1.54, 1.807) is 0 Å². The molecule has 1 aliphatic heterocycles. The highest BCUT2D eigenvalue weighted by Crippen LogP contribution is 2.40. The van der Waals surface area contributed by atoms with Crippen LogP contribution in [-0.2, 0) is 9.31 Å². The molecule has 1 heterocycles. The minimum atomic E-state index is -0.994. The molecule has 0 aromatic heterocycles. The van der Waals surface area contributed by atoms with Gasteiger partial charge in [0.05, 0.1) is 30.5 Å².